The molecule has 0 atom stereocenters. The summed E-state index contributed by atoms with van der Waals surface area (Å²) in [6, 6.07) is 10.4. The van der Waals surface area contributed by atoms with Gasteiger partial charge in [0.2, 0.25) is 0 Å². The molecule has 0 radical (unpaired) electrons. The third-order valence-corrected chi connectivity index (χ3v) is 5.46. The minimum atomic E-state index is -0.476. The van der Waals surface area contributed by atoms with Crippen molar-refractivity contribution in [2.45, 2.75) is 72.8 Å². The van der Waals surface area contributed by atoms with Gasteiger partial charge in [-0.1, -0.05) is 32.9 Å². The first-order chi connectivity index (χ1) is 13.6. The molecule has 2 aromatic carbocycles. The molecule has 0 saturated heterocycles. The Hall–Kier alpha value is -2.49. The van der Waals surface area contributed by atoms with Crippen LogP contribution in [0, 0.1) is 13.8 Å². The third kappa shape index (κ3) is 5.99. The fourth-order valence-electron chi connectivity index (χ4n) is 3.36. The van der Waals surface area contributed by atoms with Crippen LogP contribution in [0.2, 0.25) is 0 Å². The second-order valence-corrected chi connectivity index (χ2v) is 8.62. The molecule has 0 aliphatic carbocycles. The van der Waals surface area contributed by atoms with Crippen molar-refractivity contribution in [2.24, 2.45) is 0 Å². The highest BCUT2D eigenvalue weighted by atomic mass is 16.6. The maximum atomic E-state index is 12.2. The first-order valence-corrected chi connectivity index (χ1v) is 10.3. The van der Waals surface area contributed by atoms with Gasteiger partial charge in [-0.2, -0.15) is 0 Å². The van der Waals surface area contributed by atoms with Crippen LogP contribution in [-0.2, 0) is 11.2 Å². The number of carbonyl (C=O) groups is 1. The van der Waals surface area contributed by atoms with Crippen LogP contribution in [0.1, 0.15) is 74.8 Å². The molecule has 1 amide bonds. The number of rotatable bonds is 7. The van der Waals surface area contributed by atoms with Crippen LogP contribution in [0.3, 0.4) is 0 Å². The Labute approximate surface area is 175 Å². The van der Waals surface area contributed by atoms with E-state index in [2.05, 4.69) is 51.2 Å². The van der Waals surface area contributed by atoms with Crippen molar-refractivity contribution in [3.63, 3.8) is 0 Å². The summed E-state index contributed by atoms with van der Waals surface area (Å²) in [5.74, 6) is 1.34. The maximum absolute atomic E-state index is 12.2. The van der Waals surface area contributed by atoms with E-state index in [9.17, 15) is 4.79 Å². The van der Waals surface area contributed by atoms with E-state index in [0.717, 1.165) is 35.4 Å². The number of anilines is 1. The molecule has 0 aliphatic rings. The standard InChI is InChI=1S/C25H35NO3/c1-9-25(6,7)29-24(27)26-20-12-17(4)22(18(5)13-20)15-19-10-11-23(28-8)21(14-19)16(2)3/h10-14,16H,9,15H2,1-8H3,(H,26,27). The van der Waals surface area contributed by atoms with E-state index in [4.69, 9.17) is 9.47 Å². The van der Waals surface area contributed by atoms with Crippen molar-refractivity contribution in [3.8, 4) is 5.75 Å². The number of methoxy groups -OCH3 is 1. The van der Waals surface area contributed by atoms with Gasteiger partial charge in [-0.05, 0) is 92.5 Å². The predicted octanol–water partition coefficient (Wildman–Crippen LogP) is 6.76. The van der Waals surface area contributed by atoms with Gasteiger partial charge in [0.25, 0.3) is 0 Å². The number of carbonyl (C=O) groups excluding carboxylic acids is 1. The van der Waals surface area contributed by atoms with Gasteiger partial charge in [0.15, 0.2) is 0 Å². The highest BCUT2D eigenvalue weighted by Gasteiger charge is 2.20. The summed E-state index contributed by atoms with van der Waals surface area (Å²) in [7, 11) is 1.72. The molecule has 1 N–H and O–H groups in total. The van der Waals surface area contributed by atoms with Crippen LogP contribution in [0.25, 0.3) is 0 Å². The van der Waals surface area contributed by atoms with Gasteiger partial charge in [0.05, 0.1) is 7.11 Å². The van der Waals surface area contributed by atoms with E-state index in [1.165, 1.54) is 16.7 Å². The SMILES string of the molecule is CCC(C)(C)OC(=O)Nc1cc(C)c(Cc2ccc(OC)c(C(C)C)c2)c(C)c1. The first kappa shape index (κ1) is 22.8. The molecule has 0 aromatic heterocycles. The van der Waals surface area contributed by atoms with Crippen LogP contribution in [0.15, 0.2) is 30.3 Å². The van der Waals surface area contributed by atoms with E-state index in [-0.39, 0.29) is 0 Å². The topological polar surface area (TPSA) is 47.6 Å². The van der Waals surface area contributed by atoms with Gasteiger partial charge in [0, 0.05) is 5.69 Å². The Bertz CT molecular complexity index is 845. The minimum absolute atomic E-state index is 0.400. The summed E-state index contributed by atoms with van der Waals surface area (Å²) in [6.07, 6.45) is 1.19. The van der Waals surface area contributed by atoms with Crippen LogP contribution >= 0.6 is 0 Å². The van der Waals surface area contributed by atoms with E-state index >= 15 is 0 Å². The highest BCUT2D eigenvalue weighted by molar-refractivity contribution is 5.85. The monoisotopic (exact) mass is 397 g/mol. The van der Waals surface area contributed by atoms with Crippen LogP contribution in [-0.4, -0.2) is 18.8 Å². The van der Waals surface area contributed by atoms with Gasteiger partial charge in [-0.25, -0.2) is 4.79 Å². The molecule has 0 heterocycles. The molecule has 0 fully saturated rings. The highest BCUT2D eigenvalue weighted by Crippen LogP contribution is 2.30. The lowest BCUT2D eigenvalue weighted by molar-refractivity contribution is 0.0462. The van der Waals surface area contributed by atoms with Gasteiger partial charge in [-0.15, -0.1) is 0 Å². The molecule has 0 bridgehead atoms. The number of hydrogen-bond donors (Lipinski definition) is 1. The second kappa shape index (κ2) is 9.34. The van der Waals surface area contributed by atoms with Crippen molar-refractivity contribution < 1.29 is 14.3 Å². The quantitative estimate of drug-likeness (QED) is 0.561. The predicted molar refractivity (Wildman–Crippen MR) is 120 cm³/mol. The number of benzene rings is 2. The van der Waals surface area contributed by atoms with Crippen LogP contribution < -0.4 is 10.1 Å². The fraction of sp³-hybridized carbons (Fsp3) is 0.480. The van der Waals surface area contributed by atoms with Crippen molar-refractivity contribution in [2.75, 3.05) is 12.4 Å². The molecule has 29 heavy (non-hydrogen) atoms. The number of ether oxygens (including phenoxy) is 2. The average molecular weight is 398 g/mol. The van der Waals surface area contributed by atoms with E-state index in [1.54, 1.807) is 7.11 Å². The molecule has 158 valence electrons. The van der Waals surface area contributed by atoms with Gasteiger partial charge < -0.3 is 9.47 Å². The average Bonchev–Trinajstić information content (AvgIpc) is 2.64. The Morgan fingerprint density at radius 2 is 1.72 bits per heavy atom. The van der Waals surface area contributed by atoms with Gasteiger partial charge >= 0.3 is 6.09 Å². The molecule has 0 aliphatic heterocycles. The molecular formula is C25H35NO3. The molecule has 2 aromatic rings. The lowest BCUT2D eigenvalue weighted by atomic mass is 9.92. The minimum Gasteiger partial charge on any atom is -0.496 e. The zero-order valence-electron chi connectivity index (χ0n) is 19.1. The van der Waals surface area contributed by atoms with Crippen molar-refractivity contribution in [1.29, 1.82) is 0 Å². The zero-order chi connectivity index (χ0) is 21.8. The number of amides is 1. The van der Waals surface area contributed by atoms with Crippen LogP contribution in [0.5, 0.6) is 5.75 Å². The lowest BCUT2D eigenvalue weighted by Gasteiger charge is -2.23. The molecule has 0 spiro atoms. The molecule has 0 saturated carbocycles. The molecule has 4 nitrogen and oxygen atoms in total. The summed E-state index contributed by atoms with van der Waals surface area (Å²) in [5.41, 5.74) is 6.34. The summed E-state index contributed by atoms with van der Waals surface area (Å²) in [4.78, 5) is 12.2. The number of nitrogens with one attached hydrogen (secondary N) is 1. The van der Waals surface area contributed by atoms with Crippen molar-refractivity contribution in [3.05, 3.63) is 58.1 Å². The summed E-state index contributed by atoms with van der Waals surface area (Å²) in [5, 5.41) is 2.87. The molecule has 4 heteroatoms. The van der Waals surface area contributed by atoms with Crippen molar-refractivity contribution in [1.82, 2.24) is 0 Å². The van der Waals surface area contributed by atoms with Crippen LogP contribution in [0.4, 0.5) is 10.5 Å². The summed E-state index contributed by atoms with van der Waals surface area (Å²) in [6.45, 7) is 14.3. The molecule has 0 unspecified atom stereocenters. The zero-order valence-corrected chi connectivity index (χ0v) is 19.1. The second-order valence-electron chi connectivity index (χ2n) is 8.62. The van der Waals surface area contributed by atoms with E-state index in [0.29, 0.717) is 5.92 Å². The Morgan fingerprint density at radius 1 is 1.10 bits per heavy atom. The van der Waals surface area contributed by atoms with Crippen molar-refractivity contribution >= 4 is 11.8 Å². The van der Waals surface area contributed by atoms with E-state index < -0.39 is 11.7 Å². The largest absolute Gasteiger partial charge is 0.496 e. The van der Waals surface area contributed by atoms with Gasteiger partial charge in [0.1, 0.15) is 11.4 Å². The Balaban J connectivity index is 2.22. The Morgan fingerprint density at radius 3 is 2.24 bits per heavy atom. The smallest absolute Gasteiger partial charge is 0.412 e. The maximum Gasteiger partial charge on any atom is 0.412 e. The first-order valence-electron chi connectivity index (χ1n) is 10.3. The summed E-state index contributed by atoms with van der Waals surface area (Å²) >= 11 is 0. The lowest BCUT2D eigenvalue weighted by Crippen LogP contribution is -2.29. The number of aryl methyl sites for hydroxylation is 2. The summed E-state index contributed by atoms with van der Waals surface area (Å²) < 4.78 is 11.0. The molecule has 2 rings (SSSR count). The fourth-order valence-corrected chi connectivity index (χ4v) is 3.36. The number of hydrogen-bond acceptors (Lipinski definition) is 3. The van der Waals surface area contributed by atoms with E-state index in [1.807, 2.05) is 32.9 Å². The third-order valence-electron chi connectivity index (χ3n) is 5.46. The Kier molecular flexibility index (Phi) is 7.34. The van der Waals surface area contributed by atoms with Gasteiger partial charge in [-0.3, -0.25) is 5.32 Å². The normalized spacial score (nSPS) is 11.5. The molecular weight excluding hydrogens is 362 g/mol.